The van der Waals surface area contributed by atoms with Crippen molar-refractivity contribution in [2.45, 2.75) is 32.6 Å². The van der Waals surface area contributed by atoms with Crippen LogP contribution in [0.2, 0.25) is 0 Å². The molecule has 1 aliphatic rings. The summed E-state index contributed by atoms with van der Waals surface area (Å²) in [6.45, 7) is 3.80. The van der Waals surface area contributed by atoms with Crippen LogP contribution in [-0.2, 0) is 11.2 Å². The van der Waals surface area contributed by atoms with Gasteiger partial charge in [0.25, 0.3) is 0 Å². The molecule has 1 atom stereocenters. The molecule has 0 fully saturated rings. The van der Waals surface area contributed by atoms with Gasteiger partial charge in [0.15, 0.2) is 5.78 Å². The summed E-state index contributed by atoms with van der Waals surface area (Å²) >= 11 is 1.46. The van der Waals surface area contributed by atoms with Gasteiger partial charge in [-0.05, 0) is 31.0 Å². The van der Waals surface area contributed by atoms with Crippen molar-refractivity contribution in [3.63, 3.8) is 0 Å². The molecule has 0 saturated heterocycles. The Morgan fingerprint density at radius 1 is 1.32 bits per heavy atom. The number of hydrogen-bond acceptors (Lipinski definition) is 5. The van der Waals surface area contributed by atoms with Crippen molar-refractivity contribution in [2.75, 3.05) is 0 Å². The summed E-state index contributed by atoms with van der Waals surface area (Å²) < 4.78 is 19.5. The number of aryl methyl sites for hydroxylation is 1. The third kappa shape index (κ3) is 3.47. The highest BCUT2D eigenvalue weighted by molar-refractivity contribution is 7.13. The van der Waals surface area contributed by atoms with E-state index in [0.29, 0.717) is 11.3 Å². The molecule has 1 aromatic heterocycles. The van der Waals surface area contributed by atoms with Gasteiger partial charge in [0.05, 0.1) is 17.7 Å². The number of esters is 1. The van der Waals surface area contributed by atoms with Crippen LogP contribution in [0.5, 0.6) is 5.75 Å². The van der Waals surface area contributed by atoms with E-state index in [-0.39, 0.29) is 35.9 Å². The average molecular weight is 395 g/mol. The summed E-state index contributed by atoms with van der Waals surface area (Å²) in [5.74, 6) is -1.24. The predicted molar refractivity (Wildman–Crippen MR) is 105 cm³/mol. The molecule has 0 bridgehead atoms. The normalized spacial score (nSPS) is 15.5. The van der Waals surface area contributed by atoms with Gasteiger partial charge in [-0.25, -0.2) is 9.37 Å². The van der Waals surface area contributed by atoms with Crippen LogP contribution in [0.3, 0.4) is 0 Å². The lowest BCUT2D eigenvalue weighted by molar-refractivity contribution is -0.133. The molecule has 4 rings (SSSR count). The van der Waals surface area contributed by atoms with Gasteiger partial charge in [0.1, 0.15) is 16.6 Å². The van der Waals surface area contributed by atoms with Gasteiger partial charge in [-0.3, -0.25) is 9.59 Å². The highest BCUT2D eigenvalue weighted by atomic mass is 32.1. The van der Waals surface area contributed by atoms with E-state index in [9.17, 15) is 14.0 Å². The Morgan fingerprint density at radius 3 is 2.93 bits per heavy atom. The van der Waals surface area contributed by atoms with Crippen LogP contribution in [0.1, 0.15) is 46.4 Å². The van der Waals surface area contributed by atoms with Crippen LogP contribution in [0.4, 0.5) is 4.39 Å². The largest absolute Gasteiger partial charge is 0.425 e. The summed E-state index contributed by atoms with van der Waals surface area (Å²) in [6.07, 6.45) is 0.213. The average Bonchev–Trinajstić information content (AvgIpc) is 3.22. The Kier molecular flexibility index (Phi) is 4.81. The van der Waals surface area contributed by atoms with E-state index >= 15 is 0 Å². The van der Waals surface area contributed by atoms with Gasteiger partial charge in [-0.15, -0.1) is 11.3 Å². The number of ketones is 1. The van der Waals surface area contributed by atoms with Crippen molar-refractivity contribution in [1.29, 1.82) is 0 Å². The zero-order chi connectivity index (χ0) is 19.8. The van der Waals surface area contributed by atoms with Crippen LogP contribution >= 0.6 is 11.3 Å². The van der Waals surface area contributed by atoms with Crippen molar-refractivity contribution in [3.8, 4) is 16.3 Å². The highest BCUT2D eigenvalue weighted by Gasteiger charge is 2.33. The van der Waals surface area contributed by atoms with Crippen LogP contribution in [0, 0.1) is 12.7 Å². The second-order valence-electron chi connectivity index (χ2n) is 7.03. The first-order chi connectivity index (χ1) is 13.4. The van der Waals surface area contributed by atoms with Crippen LogP contribution in [-0.4, -0.2) is 16.7 Å². The molecular formula is C22H18FNO3S. The maximum Gasteiger partial charge on any atom is 0.317 e. The van der Waals surface area contributed by atoms with Crippen molar-refractivity contribution in [3.05, 3.63) is 70.0 Å². The van der Waals surface area contributed by atoms with Crippen LogP contribution in [0.15, 0.2) is 41.8 Å². The smallest absolute Gasteiger partial charge is 0.317 e. The third-order valence-corrected chi connectivity index (χ3v) is 5.72. The zero-order valence-electron chi connectivity index (χ0n) is 15.5. The first-order valence-corrected chi connectivity index (χ1v) is 9.88. The van der Waals surface area contributed by atoms with Crippen molar-refractivity contribution < 1.29 is 18.7 Å². The Bertz CT molecular complexity index is 1090. The standard InChI is InChI=1S/C22H18FNO3S/c1-12-4-3-5-14(8-12)22-24-15(11-28-22)10-19(26)27-18-7-6-16(23)20-13(2)9-17(25)21(18)20/h3-8,11,13H,9-10H2,1-2H3. The number of thiazole rings is 1. The number of aromatic nitrogens is 1. The van der Waals surface area contributed by atoms with E-state index in [1.54, 1.807) is 6.92 Å². The molecule has 0 amide bonds. The summed E-state index contributed by atoms with van der Waals surface area (Å²) in [5.41, 5.74) is 3.27. The molecule has 1 unspecified atom stereocenters. The number of rotatable bonds is 4. The topological polar surface area (TPSA) is 56.3 Å². The molecule has 1 heterocycles. The molecule has 0 radical (unpaired) electrons. The first kappa shape index (κ1) is 18.5. The monoisotopic (exact) mass is 395 g/mol. The van der Waals surface area contributed by atoms with E-state index in [4.69, 9.17) is 4.74 Å². The van der Waals surface area contributed by atoms with E-state index < -0.39 is 11.8 Å². The first-order valence-electron chi connectivity index (χ1n) is 9.00. The Hall–Kier alpha value is -2.86. The van der Waals surface area contributed by atoms with Gasteiger partial charge in [0, 0.05) is 22.9 Å². The van der Waals surface area contributed by atoms with E-state index in [1.807, 2.05) is 36.6 Å². The number of benzene rings is 2. The Labute approximate surface area is 166 Å². The number of fused-ring (bicyclic) bond motifs is 1. The second kappa shape index (κ2) is 7.28. The lowest BCUT2D eigenvalue weighted by atomic mass is 10.0. The number of Topliss-reactive ketones (excluding diaryl/α,β-unsaturated/α-hetero) is 1. The molecule has 3 aromatic rings. The summed E-state index contributed by atoms with van der Waals surface area (Å²) in [4.78, 5) is 29.1. The summed E-state index contributed by atoms with van der Waals surface area (Å²) in [5, 5.41) is 2.65. The third-order valence-electron chi connectivity index (χ3n) is 4.78. The number of carbonyl (C=O) groups excluding carboxylic acids is 2. The fourth-order valence-electron chi connectivity index (χ4n) is 3.52. The van der Waals surface area contributed by atoms with Gasteiger partial charge >= 0.3 is 5.97 Å². The molecule has 2 aromatic carbocycles. The molecule has 4 nitrogen and oxygen atoms in total. The van der Waals surface area contributed by atoms with Gasteiger partial charge in [-0.2, -0.15) is 0 Å². The van der Waals surface area contributed by atoms with E-state index in [2.05, 4.69) is 4.98 Å². The lowest BCUT2D eigenvalue weighted by Crippen LogP contribution is -2.13. The zero-order valence-corrected chi connectivity index (χ0v) is 16.3. The molecule has 6 heteroatoms. The fourth-order valence-corrected chi connectivity index (χ4v) is 4.33. The van der Waals surface area contributed by atoms with Crippen molar-refractivity contribution >= 4 is 23.1 Å². The van der Waals surface area contributed by atoms with Gasteiger partial charge in [-0.1, -0.05) is 30.7 Å². The van der Waals surface area contributed by atoms with Crippen LogP contribution in [0.25, 0.3) is 10.6 Å². The number of ether oxygens (including phenoxy) is 1. The number of halogens is 1. The summed E-state index contributed by atoms with van der Waals surface area (Å²) in [6, 6.07) is 10.6. The number of hydrogen-bond donors (Lipinski definition) is 0. The minimum Gasteiger partial charge on any atom is -0.425 e. The fraction of sp³-hybridized carbons (Fsp3) is 0.227. The SMILES string of the molecule is Cc1cccc(-c2nc(CC(=O)Oc3ccc(F)c4c3C(=O)CC4C)cs2)c1. The lowest BCUT2D eigenvalue weighted by Gasteiger charge is -2.10. The van der Waals surface area contributed by atoms with Gasteiger partial charge in [0.2, 0.25) is 0 Å². The molecule has 0 aliphatic heterocycles. The minimum absolute atomic E-state index is 0.0157. The van der Waals surface area contributed by atoms with E-state index in [1.165, 1.54) is 23.5 Å². The molecule has 0 spiro atoms. The van der Waals surface area contributed by atoms with Crippen LogP contribution < -0.4 is 4.74 Å². The molecule has 0 saturated carbocycles. The Morgan fingerprint density at radius 2 is 2.14 bits per heavy atom. The maximum absolute atomic E-state index is 14.1. The second-order valence-corrected chi connectivity index (χ2v) is 7.88. The molecule has 0 N–H and O–H groups in total. The number of carbonyl (C=O) groups is 2. The maximum atomic E-state index is 14.1. The molecule has 142 valence electrons. The predicted octanol–water partition coefficient (Wildman–Crippen LogP) is 5.10. The van der Waals surface area contributed by atoms with Gasteiger partial charge < -0.3 is 4.74 Å². The summed E-state index contributed by atoms with van der Waals surface area (Å²) in [7, 11) is 0. The molecular weight excluding hydrogens is 377 g/mol. The quantitative estimate of drug-likeness (QED) is 0.456. The molecule has 28 heavy (non-hydrogen) atoms. The molecule has 1 aliphatic carbocycles. The van der Waals surface area contributed by atoms with E-state index in [0.717, 1.165) is 16.1 Å². The van der Waals surface area contributed by atoms with Crippen molar-refractivity contribution in [1.82, 2.24) is 4.98 Å². The minimum atomic E-state index is -0.526. The Balaban J connectivity index is 1.52. The number of nitrogens with zero attached hydrogens (tertiary/aromatic N) is 1. The highest BCUT2D eigenvalue weighted by Crippen LogP contribution is 2.39. The van der Waals surface area contributed by atoms with Crippen molar-refractivity contribution in [2.24, 2.45) is 0 Å².